The van der Waals surface area contributed by atoms with Crippen LogP contribution in [0.4, 0.5) is 28.8 Å². The number of aromatic nitrogens is 9. The first-order chi connectivity index (χ1) is 32.6. The summed E-state index contributed by atoms with van der Waals surface area (Å²) in [6.45, 7) is 5.68. The summed E-state index contributed by atoms with van der Waals surface area (Å²) in [4.78, 5) is 38.4. The second kappa shape index (κ2) is 19.8. The lowest BCUT2D eigenvalue weighted by molar-refractivity contribution is 0.122. The summed E-state index contributed by atoms with van der Waals surface area (Å²) in [5, 5.41) is 0. The Morgan fingerprint density at radius 2 is 1.00 bits per heavy atom. The molecule has 0 atom stereocenters. The standard InChI is InChI=1S/C18H21N5O.C17H18N4O.C16H19N5/c1-21(2)17-7-8-23-13-16(19-18(23)20-17)14-3-5-15(6-4-14)22-9-11-24-12-10-22;1-22-14-6-4-5-13(11-14)15-12-21-10-7-16(19-17(21)18-15)20-8-2-3-9-20;1-19(2)13-7-5-12(6-8-13)14-11-21-10-9-15(20(3)4)18-16(21)17-14/h3-8,13H,9-12H2,1-2H3;4-7,10-12H,2-3,8-9H2,1H3;5-11H,1-4H3. The predicted molar refractivity (Wildman–Crippen MR) is 269 cm³/mol. The molecule has 11 rings (SSSR count). The monoisotopic (exact) mass is 898 g/mol. The van der Waals surface area contributed by atoms with Gasteiger partial charge in [0.15, 0.2) is 0 Å². The van der Waals surface area contributed by atoms with Crippen molar-refractivity contribution in [2.24, 2.45) is 0 Å². The lowest BCUT2D eigenvalue weighted by atomic mass is 10.1. The molecule has 2 saturated heterocycles. The average molecular weight is 899 g/mol. The second-order valence-electron chi connectivity index (χ2n) is 17.2. The van der Waals surface area contributed by atoms with E-state index in [1.54, 1.807) is 7.11 Å². The molecule has 0 saturated carbocycles. The van der Waals surface area contributed by atoms with Crippen molar-refractivity contribution in [1.82, 2.24) is 43.1 Å². The van der Waals surface area contributed by atoms with Crippen molar-refractivity contribution in [1.29, 1.82) is 0 Å². The van der Waals surface area contributed by atoms with Gasteiger partial charge in [-0.3, -0.25) is 13.2 Å². The van der Waals surface area contributed by atoms with Crippen LogP contribution in [0.15, 0.2) is 128 Å². The highest BCUT2D eigenvalue weighted by Gasteiger charge is 2.16. The zero-order valence-corrected chi connectivity index (χ0v) is 39.4. The number of imidazole rings is 3. The second-order valence-corrected chi connectivity index (χ2v) is 17.2. The Morgan fingerprint density at radius 1 is 0.493 bits per heavy atom. The summed E-state index contributed by atoms with van der Waals surface area (Å²) in [7, 11) is 13.7. The number of anilines is 5. The summed E-state index contributed by atoms with van der Waals surface area (Å²) < 4.78 is 16.6. The fourth-order valence-electron chi connectivity index (χ4n) is 8.00. The van der Waals surface area contributed by atoms with Gasteiger partial charge in [0.1, 0.15) is 23.2 Å². The molecule has 2 fully saturated rings. The molecule has 0 unspecified atom stereocenters. The Labute approximate surface area is 391 Å². The van der Waals surface area contributed by atoms with Crippen LogP contribution in [0.25, 0.3) is 51.1 Å². The zero-order valence-electron chi connectivity index (χ0n) is 39.4. The van der Waals surface area contributed by atoms with E-state index in [0.717, 1.165) is 102 Å². The molecular formula is C51H58N14O2. The van der Waals surface area contributed by atoms with Crippen molar-refractivity contribution in [2.45, 2.75) is 12.8 Å². The van der Waals surface area contributed by atoms with E-state index in [4.69, 9.17) is 14.5 Å². The molecule has 0 spiro atoms. The van der Waals surface area contributed by atoms with Gasteiger partial charge in [0.2, 0.25) is 17.3 Å². The maximum Gasteiger partial charge on any atom is 0.236 e. The molecule has 67 heavy (non-hydrogen) atoms. The Morgan fingerprint density at radius 3 is 1.52 bits per heavy atom. The van der Waals surface area contributed by atoms with Crippen LogP contribution in [0.1, 0.15) is 12.8 Å². The molecule has 0 aliphatic carbocycles. The minimum atomic E-state index is 0.716. The van der Waals surface area contributed by atoms with Crippen LogP contribution in [-0.2, 0) is 4.74 Å². The van der Waals surface area contributed by atoms with Gasteiger partial charge in [-0.1, -0.05) is 36.4 Å². The number of hydrogen-bond donors (Lipinski definition) is 0. The van der Waals surface area contributed by atoms with Crippen LogP contribution >= 0.6 is 0 Å². The number of nitrogens with zero attached hydrogens (tertiary/aromatic N) is 14. The molecule has 8 heterocycles. The largest absolute Gasteiger partial charge is 0.497 e. The lowest BCUT2D eigenvalue weighted by Crippen LogP contribution is -2.36. The van der Waals surface area contributed by atoms with Gasteiger partial charge in [-0.05, 0) is 67.4 Å². The highest BCUT2D eigenvalue weighted by atomic mass is 16.5. The smallest absolute Gasteiger partial charge is 0.236 e. The third kappa shape index (κ3) is 10.2. The zero-order chi connectivity index (χ0) is 46.4. The minimum Gasteiger partial charge on any atom is -0.497 e. The van der Waals surface area contributed by atoms with E-state index >= 15 is 0 Å². The van der Waals surface area contributed by atoms with E-state index in [2.05, 4.69) is 94.2 Å². The van der Waals surface area contributed by atoms with Gasteiger partial charge in [0.25, 0.3) is 0 Å². The van der Waals surface area contributed by atoms with Crippen LogP contribution < -0.4 is 29.2 Å². The first-order valence-electron chi connectivity index (χ1n) is 22.6. The summed E-state index contributed by atoms with van der Waals surface area (Å²) in [5.74, 6) is 5.83. The van der Waals surface area contributed by atoms with Gasteiger partial charge in [-0.2, -0.15) is 15.0 Å². The molecular weight excluding hydrogens is 841 g/mol. The molecule has 0 bridgehead atoms. The SMILES string of the molecule is CN(C)c1ccc(-c2cn3ccc(N(C)C)nc3n2)cc1.CN(C)c1ccn2cc(-c3ccc(N4CCOCC4)cc3)nc2n1.COc1cccc(-c2cn3ccc(N4CCCC4)nc3n2)c1. The highest BCUT2D eigenvalue weighted by Crippen LogP contribution is 2.27. The van der Waals surface area contributed by atoms with E-state index < -0.39 is 0 Å². The number of hydrogen-bond acceptors (Lipinski definition) is 13. The van der Waals surface area contributed by atoms with Crippen LogP contribution in [0.2, 0.25) is 0 Å². The molecule has 0 radical (unpaired) electrons. The molecule has 2 aliphatic heterocycles. The highest BCUT2D eigenvalue weighted by molar-refractivity contribution is 5.67. The maximum absolute atomic E-state index is 5.41. The Kier molecular flexibility index (Phi) is 13.1. The molecule has 16 heteroatoms. The Balaban J connectivity index is 0.000000126. The number of morpholine rings is 1. The van der Waals surface area contributed by atoms with Crippen LogP contribution in [0.3, 0.4) is 0 Å². The minimum absolute atomic E-state index is 0.716. The normalized spacial score (nSPS) is 13.6. The van der Waals surface area contributed by atoms with Crippen molar-refractivity contribution in [3.63, 3.8) is 0 Å². The molecule has 6 aromatic heterocycles. The number of ether oxygens (including phenoxy) is 2. The quantitative estimate of drug-likeness (QED) is 0.140. The molecule has 344 valence electrons. The van der Waals surface area contributed by atoms with E-state index in [-0.39, 0.29) is 0 Å². The van der Waals surface area contributed by atoms with Crippen molar-refractivity contribution in [3.05, 3.63) is 128 Å². The van der Waals surface area contributed by atoms with Gasteiger partial charge >= 0.3 is 0 Å². The molecule has 0 amide bonds. The van der Waals surface area contributed by atoms with Crippen LogP contribution in [0, 0.1) is 0 Å². The number of methoxy groups -OCH3 is 1. The molecule has 9 aromatic rings. The molecule has 0 N–H and O–H groups in total. The number of benzene rings is 3. The maximum atomic E-state index is 5.41. The van der Waals surface area contributed by atoms with E-state index in [0.29, 0.717) is 11.6 Å². The summed E-state index contributed by atoms with van der Waals surface area (Å²) in [5.41, 5.74) is 8.42. The third-order valence-electron chi connectivity index (χ3n) is 11.9. The Bertz CT molecular complexity index is 3050. The topological polar surface area (TPSA) is 125 Å². The van der Waals surface area contributed by atoms with Gasteiger partial charge in [0.05, 0.1) is 37.4 Å². The van der Waals surface area contributed by atoms with Crippen molar-refractivity contribution in [3.8, 4) is 39.5 Å². The van der Waals surface area contributed by atoms with Gasteiger partial charge in [0, 0.05) is 134 Å². The van der Waals surface area contributed by atoms with Crippen molar-refractivity contribution < 1.29 is 9.47 Å². The molecule has 3 aromatic carbocycles. The summed E-state index contributed by atoms with van der Waals surface area (Å²) >= 11 is 0. The number of fused-ring (bicyclic) bond motifs is 3. The van der Waals surface area contributed by atoms with E-state index in [1.807, 2.05) is 139 Å². The van der Waals surface area contributed by atoms with Gasteiger partial charge in [-0.25, -0.2) is 15.0 Å². The lowest BCUT2D eigenvalue weighted by Gasteiger charge is -2.28. The first kappa shape index (κ1) is 44.5. The molecule has 2 aliphatic rings. The predicted octanol–water partition coefficient (Wildman–Crippen LogP) is 7.83. The average Bonchev–Trinajstić information content (AvgIpc) is 4.21. The Hall–Kier alpha value is -7.72. The summed E-state index contributed by atoms with van der Waals surface area (Å²) in [6, 6.07) is 30.9. The fourth-order valence-corrected chi connectivity index (χ4v) is 8.00. The van der Waals surface area contributed by atoms with Gasteiger partial charge < -0.3 is 34.0 Å². The van der Waals surface area contributed by atoms with Gasteiger partial charge in [-0.15, -0.1) is 0 Å². The van der Waals surface area contributed by atoms with Crippen molar-refractivity contribution in [2.75, 3.05) is 113 Å². The van der Waals surface area contributed by atoms with Crippen LogP contribution in [0.5, 0.6) is 5.75 Å². The molecule has 16 nitrogen and oxygen atoms in total. The number of rotatable bonds is 9. The van der Waals surface area contributed by atoms with E-state index in [1.165, 1.54) is 24.2 Å². The van der Waals surface area contributed by atoms with Crippen molar-refractivity contribution >= 4 is 46.2 Å². The first-order valence-corrected chi connectivity index (χ1v) is 22.6. The van der Waals surface area contributed by atoms with Crippen LogP contribution in [-0.4, -0.2) is 132 Å². The summed E-state index contributed by atoms with van der Waals surface area (Å²) in [6.07, 6.45) is 14.5. The van der Waals surface area contributed by atoms with E-state index in [9.17, 15) is 0 Å². The fraction of sp³-hybridized carbons (Fsp3) is 0.294. The third-order valence-corrected chi connectivity index (χ3v) is 11.9.